The van der Waals surface area contributed by atoms with E-state index in [1.54, 1.807) is 26.0 Å². The minimum absolute atomic E-state index is 0.0197. The van der Waals surface area contributed by atoms with Gasteiger partial charge in [-0.1, -0.05) is 0 Å². The molecule has 4 atom stereocenters. The molecule has 0 radical (unpaired) electrons. The predicted octanol–water partition coefficient (Wildman–Crippen LogP) is 1.37. The Morgan fingerprint density at radius 1 is 1.22 bits per heavy atom. The fourth-order valence-electron chi connectivity index (χ4n) is 3.57. The Morgan fingerprint density at radius 2 is 1.94 bits per heavy atom. The largest absolute Gasteiger partial charge is 0.462 e. The van der Waals surface area contributed by atoms with Crippen molar-refractivity contribution in [3.63, 3.8) is 0 Å². The summed E-state index contributed by atoms with van der Waals surface area (Å²) in [6, 6.07) is 6.14. The molecule has 2 heterocycles. The molecule has 2 aromatic rings. The van der Waals surface area contributed by atoms with E-state index in [0.29, 0.717) is 5.39 Å². The molecule has 1 aromatic heterocycles. The Kier molecular flexibility index (Phi) is 6.72. The van der Waals surface area contributed by atoms with Gasteiger partial charge in [0.2, 0.25) is 12.2 Å². The lowest BCUT2D eigenvalue weighted by Gasteiger charge is -2.47. The Bertz CT molecular complexity index is 1060. The number of rotatable bonds is 5. The molecule has 0 aliphatic carbocycles. The number of hydrogen-bond donors (Lipinski definition) is 3. The first kappa shape index (κ1) is 23.5. The summed E-state index contributed by atoms with van der Waals surface area (Å²) in [5.41, 5.74) is -1.47. The molecule has 1 aromatic carbocycles. The second-order valence-electron chi connectivity index (χ2n) is 7.80. The van der Waals surface area contributed by atoms with Crippen LogP contribution in [0.3, 0.4) is 0 Å². The molecule has 1 aliphatic rings. The molecule has 2 amide bonds. The highest BCUT2D eigenvalue weighted by Crippen LogP contribution is 2.34. The van der Waals surface area contributed by atoms with Crippen molar-refractivity contribution >= 4 is 28.7 Å². The van der Waals surface area contributed by atoms with E-state index in [2.05, 4.69) is 10.6 Å². The molecular weight excluding hydrogens is 424 g/mol. The van der Waals surface area contributed by atoms with Gasteiger partial charge in [0.25, 0.3) is 0 Å². The van der Waals surface area contributed by atoms with E-state index in [-0.39, 0.29) is 17.0 Å². The summed E-state index contributed by atoms with van der Waals surface area (Å²) in [5, 5.41) is 16.1. The molecule has 32 heavy (non-hydrogen) atoms. The van der Waals surface area contributed by atoms with Crippen molar-refractivity contribution in [2.45, 2.75) is 51.0 Å². The molecule has 0 bridgehead atoms. The summed E-state index contributed by atoms with van der Waals surface area (Å²) in [5.74, 6) is -0.159. The van der Waals surface area contributed by atoms with Gasteiger partial charge in [0.1, 0.15) is 23.1 Å². The zero-order valence-electron chi connectivity index (χ0n) is 18.3. The van der Waals surface area contributed by atoms with Crippen LogP contribution in [0.2, 0.25) is 0 Å². The van der Waals surface area contributed by atoms with E-state index in [4.69, 9.17) is 23.4 Å². The molecular formula is C21H26N2O9. The van der Waals surface area contributed by atoms with Crippen molar-refractivity contribution in [1.82, 2.24) is 5.32 Å². The van der Waals surface area contributed by atoms with Gasteiger partial charge in [-0.15, -0.1) is 0 Å². The Morgan fingerprint density at radius 3 is 2.56 bits per heavy atom. The second kappa shape index (κ2) is 9.15. The molecule has 11 nitrogen and oxygen atoms in total. The average molecular weight is 450 g/mol. The Balaban J connectivity index is 1.88. The lowest BCUT2D eigenvalue weighted by atomic mass is 9.89. The minimum Gasteiger partial charge on any atom is -0.462 e. The van der Waals surface area contributed by atoms with Crippen LogP contribution in [0.5, 0.6) is 5.75 Å². The molecule has 1 aliphatic heterocycles. The zero-order chi connectivity index (χ0) is 23.6. The maximum atomic E-state index is 12.1. The van der Waals surface area contributed by atoms with Gasteiger partial charge in [-0.3, -0.25) is 4.79 Å². The topological polar surface area (TPSA) is 146 Å². The molecule has 1 fully saturated rings. The van der Waals surface area contributed by atoms with Gasteiger partial charge < -0.3 is 39.1 Å². The van der Waals surface area contributed by atoms with Crippen molar-refractivity contribution in [2.24, 2.45) is 0 Å². The predicted molar refractivity (Wildman–Crippen MR) is 113 cm³/mol. The fraction of sp³-hybridized carbons (Fsp3) is 0.476. The van der Waals surface area contributed by atoms with Crippen molar-refractivity contribution < 1.29 is 38.1 Å². The van der Waals surface area contributed by atoms with Crippen LogP contribution in [-0.2, 0) is 19.0 Å². The molecule has 0 saturated carbocycles. The summed E-state index contributed by atoms with van der Waals surface area (Å²) >= 11 is 0. The number of aliphatic hydroxyl groups is 1. The van der Waals surface area contributed by atoms with Gasteiger partial charge in [0.15, 0.2) is 12.2 Å². The first-order valence-electron chi connectivity index (χ1n) is 9.85. The third-order valence-electron chi connectivity index (χ3n) is 4.99. The Labute approximate surface area is 183 Å². The van der Waals surface area contributed by atoms with Crippen LogP contribution in [0.15, 0.2) is 33.5 Å². The maximum Gasteiger partial charge on any atom is 0.407 e. The highest BCUT2D eigenvalue weighted by Gasteiger charge is 2.53. The highest BCUT2D eigenvalue weighted by molar-refractivity contribution is 5.91. The Hall–Kier alpha value is -3.15. The third-order valence-corrected chi connectivity index (χ3v) is 4.99. The molecule has 0 spiro atoms. The van der Waals surface area contributed by atoms with Crippen LogP contribution in [0, 0.1) is 0 Å². The number of anilines is 1. The van der Waals surface area contributed by atoms with Crippen molar-refractivity contribution in [1.29, 1.82) is 0 Å². The van der Waals surface area contributed by atoms with Crippen LogP contribution in [-0.4, -0.2) is 61.5 Å². The average Bonchev–Trinajstić information content (AvgIpc) is 2.71. The number of nitrogens with one attached hydrogen (secondary N) is 2. The van der Waals surface area contributed by atoms with Gasteiger partial charge in [0.05, 0.1) is 5.60 Å². The van der Waals surface area contributed by atoms with Gasteiger partial charge in [-0.2, -0.15) is 0 Å². The van der Waals surface area contributed by atoms with E-state index in [1.165, 1.54) is 33.2 Å². The molecule has 174 valence electrons. The van der Waals surface area contributed by atoms with E-state index in [1.807, 2.05) is 0 Å². The van der Waals surface area contributed by atoms with Crippen molar-refractivity contribution in [2.75, 3.05) is 19.5 Å². The fourth-order valence-corrected chi connectivity index (χ4v) is 3.57. The smallest absolute Gasteiger partial charge is 0.407 e. The quantitative estimate of drug-likeness (QED) is 0.575. The summed E-state index contributed by atoms with van der Waals surface area (Å²) in [7, 11) is 2.82. The van der Waals surface area contributed by atoms with Crippen LogP contribution >= 0.6 is 0 Å². The zero-order valence-corrected chi connectivity index (χ0v) is 18.3. The summed E-state index contributed by atoms with van der Waals surface area (Å²) in [6.07, 6.45) is -5.18. The summed E-state index contributed by atoms with van der Waals surface area (Å²) in [6.45, 7) is 4.71. The first-order valence-corrected chi connectivity index (χ1v) is 9.85. The van der Waals surface area contributed by atoms with Gasteiger partial charge >= 0.3 is 11.7 Å². The lowest BCUT2D eigenvalue weighted by molar-refractivity contribution is -0.304. The molecule has 1 saturated heterocycles. The summed E-state index contributed by atoms with van der Waals surface area (Å²) < 4.78 is 27.7. The number of aliphatic hydroxyl groups excluding tert-OH is 1. The number of hydrogen-bond acceptors (Lipinski definition) is 9. The van der Waals surface area contributed by atoms with Crippen LogP contribution < -0.4 is 21.0 Å². The van der Waals surface area contributed by atoms with Crippen LogP contribution in [0.25, 0.3) is 11.0 Å². The van der Waals surface area contributed by atoms with E-state index < -0.39 is 47.8 Å². The third kappa shape index (κ3) is 4.85. The van der Waals surface area contributed by atoms with Crippen molar-refractivity contribution in [3.8, 4) is 5.75 Å². The monoisotopic (exact) mass is 450 g/mol. The van der Waals surface area contributed by atoms with E-state index >= 15 is 0 Å². The number of ether oxygens (including phenoxy) is 4. The van der Waals surface area contributed by atoms with Gasteiger partial charge in [-0.25, -0.2) is 9.59 Å². The van der Waals surface area contributed by atoms with Crippen molar-refractivity contribution in [3.05, 3.63) is 34.7 Å². The van der Waals surface area contributed by atoms with Gasteiger partial charge in [0, 0.05) is 32.5 Å². The molecule has 4 unspecified atom stereocenters. The second-order valence-corrected chi connectivity index (χ2v) is 7.80. The number of carbonyl (C=O) groups excluding carboxylic acids is 2. The first-order chi connectivity index (χ1) is 15.1. The highest BCUT2D eigenvalue weighted by atomic mass is 16.7. The van der Waals surface area contributed by atoms with Crippen LogP contribution in [0.4, 0.5) is 10.5 Å². The number of benzene rings is 1. The maximum absolute atomic E-state index is 12.1. The molecule has 11 heteroatoms. The minimum atomic E-state index is -1.38. The number of amides is 2. The van der Waals surface area contributed by atoms with E-state index in [9.17, 15) is 19.5 Å². The van der Waals surface area contributed by atoms with Gasteiger partial charge in [-0.05, 0) is 32.0 Å². The SMILES string of the molecule is CNC(=O)OC1C(O)C(Oc2ccc3cc(NC(C)=O)c(=O)oc3c2)OC(C)(C)C1OC. The number of alkyl carbamates (subject to hydrolysis) is 1. The lowest BCUT2D eigenvalue weighted by Crippen LogP contribution is -2.65. The normalized spacial score (nSPS) is 24.6. The number of methoxy groups -OCH3 is 1. The molecule has 3 N–H and O–H groups in total. The van der Waals surface area contributed by atoms with E-state index in [0.717, 1.165) is 0 Å². The summed E-state index contributed by atoms with van der Waals surface area (Å²) in [4.78, 5) is 35.1. The molecule has 3 rings (SSSR count). The standard InChI is InChI=1S/C21H26N2O9/c1-10(24)23-13-8-11-6-7-12(9-14(11)30-18(13)26)29-19-15(25)16(31-20(27)22-4)17(28-5)21(2,3)32-19/h6-9,15-17,19,25H,1-5H3,(H,22,27)(H,23,24). The number of fused-ring (bicyclic) bond motifs is 1. The van der Waals surface area contributed by atoms with Crippen LogP contribution in [0.1, 0.15) is 20.8 Å². The number of carbonyl (C=O) groups is 2.